The number of rotatable bonds is 5. The Labute approximate surface area is 212 Å². The molecule has 182 valence electrons. The van der Waals surface area contributed by atoms with Crippen LogP contribution >= 0.6 is 0 Å². The molecule has 2 aliphatic rings. The maximum Gasteiger partial charge on any atom is 0.255 e. The van der Waals surface area contributed by atoms with Gasteiger partial charge in [-0.3, -0.25) is 9.69 Å². The summed E-state index contributed by atoms with van der Waals surface area (Å²) < 4.78 is 6.08. The smallest absolute Gasteiger partial charge is 0.255 e. The van der Waals surface area contributed by atoms with Crippen LogP contribution in [0.2, 0.25) is 0 Å². The van der Waals surface area contributed by atoms with E-state index in [1.54, 1.807) is 0 Å². The van der Waals surface area contributed by atoms with Crippen molar-refractivity contribution < 1.29 is 9.53 Å². The van der Waals surface area contributed by atoms with Crippen LogP contribution in [-0.2, 0) is 13.1 Å². The number of anilines is 2. The molecule has 4 aromatic carbocycles. The highest BCUT2D eigenvalue weighted by atomic mass is 16.5. The Kier molecular flexibility index (Phi) is 6.31. The molecule has 0 spiro atoms. The summed E-state index contributed by atoms with van der Waals surface area (Å²) in [4.78, 5) is 17.7. The third-order valence-corrected chi connectivity index (χ3v) is 7.26. The number of carbonyl (C=O) groups is 1. The summed E-state index contributed by atoms with van der Waals surface area (Å²) >= 11 is 0. The van der Waals surface area contributed by atoms with E-state index in [9.17, 15) is 4.79 Å². The molecule has 4 aromatic rings. The third-order valence-electron chi connectivity index (χ3n) is 7.26. The van der Waals surface area contributed by atoms with Crippen LogP contribution in [0, 0.1) is 0 Å². The van der Waals surface area contributed by atoms with Crippen molar-refractivity contribution in [1.29, 1.82) is 0 Å². The molecular weight excluding hydrogens is 446 g/mol. The van der Waals surface area contributed by atoms with Crippen LogP contribution in [-0.4, -0.2) is 30.6 Å². The molecule has 0 unspecified atom stereocenters. The maximum atomic E-state index is 13.1. The predicted molar refractivity (Wildman–Crippen MR) is 146 cm³/mol. The number of ether oxygens (including phenoxy) is 1. The van der Waals surface area contributed by atoms with Gasteiger partial charge < -0.3 is 15.0 Å². The minimum Gasteiger partial charge on any atom is -0.473 e. The van der Waals surface area contributed by atoms with Crippen molar-refractivity contribution >= 4 is 28.1 Å². The van der Waals surface area contributed by atoms with Gasteiger partial charge in [-0.15, -0.1) is 0 Å². The monoisotopic (exact) mass is 477 g/mol. The van der Waals surface area contributed by atoms with Crippen LogP contribution in [0.4, 0.5) is 11.4 Å². The second-order valence-corrected chi connectivity index (χ2v) is 9.77. The molecule has 0 radical (unpaired) electrons. The summed E-state index contributed by atoms with van der Waals surface area (Å²) in [6.07, 6.45) is 3.93. The van der Waals surface area contributed by atoms with Crippen molar-refractivity contribution in [3.63, 3.8) is 0 Å². The first kappa shape index (κ1) is 22.6. The van der Waals surface area contributed by atoms with Crippen LogP contribution in [0.25, 0.3) is 10.8 Å². The summed E-state index contributed by atoms with van der Waals surface area (Å²) in [7, 11) is 0. The van der Waals surface area contributed by atoms with Crippen LogP contribution < -0.4 is 15.0 Å². The van der Waals surface area contributed by atoms with Gasteiger partial charge in [-0.2, -0.15) is 0 Å². The van der Waals surface area contributed by atoms with Crippen LogP contribution in [0.5, 0.6) is 5.75 Å². The van der Waals surface area contributed by atoms with Gasteiger partial charge in [0.15, 0.2) is 6.73 Å². The number of piperidine rings is 1. The molecule has 1 fully saturated rings. The van der Waals surface area contributed by atoms with Gasteiger partial charge in [0.25, 0.3) is 5.91 Å². The average Bonchev–Trinajstić information content (AvgIpc) is 2.94. The number of nitrogens with zero attached hydrogens (tertiary/aromatic N) is 2. The number of hydrogen-bond donors (Lipinski definition) is 1. The van der Waals surface area contributed by atoms with E-state index >= 15 is 0 Å². The number of fused-ring (bicyclic) bond motifs is 3. The van der Waals surface area contributed by atoms with E-state index in [-0.39, 0.29) is 5.91 Å². The summed E-state index contributed by atoms with van der Waals surface area (Å²) in [5.41, 5.74) is 4.88. The average molecular weight is 478 g/mol. The lowest BCUT2D eigenvalue weighted by Gasteiger charge is -2.31. The number of nitrogens with one attached hydrogen (secondary N) is 1. The first-order chi connectivity index (χ1) is 17.7. The molecule has 6 rings (SSSR count). The lowest BCUT2D eigenvalue weighted by atomic mass is 10.0. The SMILES string of the molecule is O=C(Nc1ccc(CN2CCCCC2)cc1)c1cccc(N2COc3ccc4ccccc4c3C2)c1. The van der Waals surface area contributed by atoms with Gasteiger partial charge in [0.05, 0.1) is 6.54 Å². The molecule has 0 bridgehead atoms. The van der Waals surface area contributed by atoms with Gasteiger partial charge in [0, 0.05) is 29.0 Å². The van der Waals surface area contributed by atoms with Crippen LogP contribution in [0.1, 0.15) is 40.7 Å². The van der Waals surface area contributed by atoms with Crippen LogP contribution in [0.15, 0.2) is 84.9 Å². The Balaban J connectivity index is 1.14. The molecule has 2 heterocycles. The normalized spacial score (nSPS) is 15.8. The Hall–Kier alpha value is -3.83. The van der Waals surface area contributed by atoms with Crippen molar-refractivity contribution in [3.05, 3.63) is 102 Å². The minimum absolute atomic E-state index is 0.107. The fourth-order valence-electron chi connectivity index (χ4n) is 5.28. The molecule has 5 heteroatoms. The van der Waals surface area contributed by atoms with E-state index in [0.717, 1.165) is 30.2 Å². The maximum absolute atomic E-state index is 13.1. The highest BCUT2D eigenvalue weighted by molar-refractivity contribution is 6.04. The molecule has 1 saturated heterocycles. The molecule has 2 aliphatic heterocycles. The van der Waals surface area contributed by atoms with Crippen molar-refractivity contribution in [2.24, 2.45) is 0 Å². The van der Waals surface area contributed by atoms with E-state index in [4.69, 9.17) is 4.74 Å². The highest BCUT2D eigenvalue weighted by Gasteiger charge is 2.21. The summed E-state index contributed by atoms with van der Waals surface area (Å²) in [6, 6.07) is 28.6. The zero-order valence-electron chi connectivity index (χ0n) is 20.5. The van der Waals surface area contributed by atoms with Gasteiger partial charge in [-0.05, 0) is 78.7 Å². The fourth-order valence-corrected chi connectivity index (χ4v) is 5.28. The molecule has 0 aromatic heterocycles. The van der Waals surface area contributed by atoms with Crippen molar-refractivity contribution in [1.82, 2.24) is 4.90 Å². The summed E-state index contributed by atoms with van der Waals surface area (Å²) in [5, 5.41) is 5.47. The first-order valence-electron chi connectivity index (χ1n) is 12.8. The van der Waals surface area contributed by atoms with E-state index in [2.05, 4.69) is 63.6 Å². The number of carbonyl (C=O) groups excluding carboxylic acids is 1. The topological polar surface area (TPSA) is 44.8 Å². The molecule has 5 nitrogen and oxygen atoms in total. The van der Waals surface area contributed by atoms with Crippen LogP contribution in [0.3, 0.4) is 0 Å². The van der Waals surface area contributed by atoms with Gasteiger partial charge in [-0.25, -0.2) is 0 Å². The van der Waals surface area contributed by atoms with E-state index in [1.165, 1.54) is 54.3 Å². The minimum atomic E-state index is -0.107. The number of amides is 1. The zero-order valence-corrected chi connectivity index (χ0v) is 20.5. The molecule has 0 atom stereocenters. The van der Waals surface area contributed by atoms with E-state index < -0.39 is 0 Å². The lowest BCUT2D eigenvalue weighted by Crippen LogP contribution is -2.32. The Morgan fingerprint density at radius 1 is 0.861 bits per heavy atom. The molecule has 0 saturated carbocycles. The van der Waals surface area contributed by atoms with Gasteiger partial charge in [0.1, 0.15) is 5.75 Å². The predicted octanol–water partition coefficient (Wildman–Crippen LogP) is 6.43. The van der Waals surface area contributed by atoms with Crippen molar-refractivity contribution in [3.8, 4) is 5.75 Å². The summed E-state index contributed by atoms with van der Waals surface area (Å²) in [5.74, 6) is 0.826. The standard InChI is InChI=1S/C31H31N3O2/c35-31(32-26-14-11-23(12-15-26)20-33-17-4-1-5-18-33)25-8-6-9-27(19-25)34-21-29-28-10-3-2-7-24(28)13-16-30(29)36-22-34/h2-3,6-16,19H,1,4-5,17-18,20-22H2,(H,32,35). The number of hydrogen-bond acceptors (Lipinski definition) is 4. The van der Waals surface area contributed by atoms with E-state index in [1.807, 2.05) is 36.4 Å². The number of likely N-dealkylation sites (tertiary alicyclic amines) is 1. The highest BCUT2D eigenvalue weighted by Crippen LogP contribution is 2.34. The van der Waals surface area contributed by atoms with Crippen molar-refractivity contribution in [2.75, 3.05) is 30.0 Å². The Morgan fingerprint density at radius 3 is 2.56 bits per heavy atom. The second-order valence-electron chi connectivity index (χ2n) is 9.77. The largest absolute Gasteiger partial charge is 0.473 e. The van der Waals surface area contributed by atoms with Gasteiger partial charge in [0.2, 0.25) is 0 Å². The Morgan fingerprint density at radius 2 is 1.69 bits per heavy atom. The molecular formula is C31H31N3O2. The number of benzene rings is 4. The molecule has 1 amide bonds. The molecule has 1 N–H and O–H groups in total. The zero-order chi connectivity index (χ0) is 24.3. The van der Waals surface area contributed by atoms with Gasteiger partial charge in [-0.1, -0.05) is 55.0 Å². The van der Waals surface area contributed by atoms with Crippen molar-refractivity contribution in [2.45, 2.75) is 32.4 Å². The Bertz CT molecular complexity index is 1380. The molecule has 36 heavy (non-hydrogen) atoms. The third kappa shape index (κ3) is 4.79. The van der Waals surface area contributed by atoms with E-state index in [0.29, 0.717) is 12.3 Å². The first-order valence-corrected chi connectivity index (χ1v) is 12.8. The lowest BCUT2D eigenvalue weighted by molar-refractivity contribution is 0.102. The van der Waals surface area contributed by atoms with Gasteiger partial charge >= 0.3 is 0 Å². The molecule has 0 aliphatic carbocycles. The fraction of sp³-hybridized carbons (Fsp3) is 0.258. The quantitative estimate of drug-likeness (QED) is 0.360. The summed E-state index contributed by atoms with van der Waals surface area (Å²) in [6.45, 7) is 4.53. The second kappa shape index (κ2) is 10.0.